The van der Waals surface area contributed by atoms with Crippen LogP contribution in [0.1, 0.15) is 26.2 Å². The minimum Gasteiger partial charge on any atom is -0.346 e. The van der Waals surface area contributed by atoms with Crippen LogP contribution in [0.3, 0.4) is 0 Å². The van der Waals surface area contributed by atoms with Gasteiger partial charge in [0.2, 0.25) is 5.91 Å². The predicted octanol–water partition coefficient (Wildman–Crippen LogP) is 0.854. The van der Waals surface area contributed by atoms with Crippen molar-refractivity contribution in [2.75, 3.05) is 26.7 Å². The number of amides is 1. The van der Waals surface area contributed by atoms with E-state index in [1.165, 1.54) is 12.8 Å². The Morgan fingerprint density at radius 2 is 2.08 bits per heavy atom. The van der Waals surface area contributed by atoms with Gasteiger partial charge >= 0.3 is 0 Å². The van der Waals surface area contributed by atoms with Gasteiger partial charge in [-0.05, 0) is 38.3 Å². The third kappa shape index (κ3) is 3.77. The first-order valence-electron chi connectivity index (χ1n) is 5.12. The Morgan fingerprint density at radius 1 is 1.46 bits per heavy atom. The van der Waals surface area contributed by atoms with Gasteiger partial charge in [0.25, 0.3) is 0 Å². The maximum atomic E-state index is 10.9. The van der Waals surface area contributed by atoms with Gasteiger partial charge < -0.3 is 10.2 Å². The summed E-state index contributed by atoms with van der Waals surface area (Å²) in [6.45, 7) is 4.84. The predicted molar refractivity (Wildman–Crippen MR) is 53.5 cm³/mol. The molecule has 0 radical (unpaired) electrons. The lowest BCUT2D eigenvalue weighted by Crippen LogP contribution is -2.31. The van der Waals surface area contributed by atoms with Crippen LogP contribution >= 0.6 is 0 Å². The van der Waals surface area contributed by atoms with Crippen LogP contribution in [0.5, 0.6) is 0 Å². The number of hydrogen-bond donors (Lipinski definition) is 1. The van der Waals surface area contributed by atoms with Crippen molar-refractivity contribution in [2.24, 2.45) is 5.92 Å². The summed E-state index contributed by atoms with van der Waals surface area (Å²) in [7, 11) is 1.88. The van der Waals surface area contributed by atoms with Crippen LogP contribution in [0, 0.1) is 5.92 Å². The third-order valence-electron chi connectivity index (χ3n) is 2.87. The van der Waals surface area contributed by atoms with Crippen LogP contribution in [0.25, 0.3) is 0 Å². The summed E-state index contributed by atoms with van der Waals surface area (Å²) in [5.41, 5.74) is 0. The molecule has 1 rings (SSSR count). The topological polar surface area (TPSA) is 32.3 Å². The smallest absolute Gasteiger partial charge is 0.219 e. The fourth-order valence-corrected chi connectivity index (χ4v) is 1.70. The second kappa shape index (κ2) is 5.22. The van der Waals surface area contributed by atoms with Gasteiger partial charge in [-0.25, -0.2) is 0 Å². The number of carbonyl (C=O) groups excluding carboxylic acids is 1. The highest BCUT2D eigenvalue weighted by Gasteiger charge is 2.13. The SMILES string of the molecule is CC(=O)N(C)CCC1CCNCC1. The number of carbonyl (C=O) groups is 1. The summed E-state index contributed by atoms with van der Waals surface area (Å²) >= 11 is 0. The number of nitrogens with zero attached hydrogens (tertiary/aromatic N) is 1. The van der Waals surface area contributed by atoms with Gasteiger partial charge in [-0.3, -0.25) is 4.79 Å². The van der Waals surface area contributed by atoms with E-state index in [0.29, 0.717) is 0 Å². The standard InChI is InChI=1S/C10H20N2O/c1-9(13)12(2)8-5-10-3-6-11-7-4-10/h10-11H,3-8H2,1-2H3. The van der Waals surface area contributed by atoms with Crippen LogP contribution in [0.2, 0.25) is 0 Å². The molecule has 0 aliphatic carbocycles. The Kier molecular flexibility index (Phi) is 4.22. The maximum absolute atomic E-state index is 10.9. The van der Waals surface area contributed by atoms with E-state index in [4.69, 9.17) is 0 Å². The highest BCUT2D eigenvalue weighted by molar-refractivity contribution is 5.72. The van der Waals surface area contributed by atoms with E-state index in [0.717, 1.165) is 32.0 Å². The van der Waals surface area contributed by atoms with Crippen LogP contribution in [0.4, 0.5) is 0 Å². The quantitative estimate of drug-likeness (QED) is 0.705. The molecule has 0 saturated carbocycles. The minimum atomic E-state index is 0.175. The Bertz CT molecular complexity index is 164. The molecule has 1 heterocycles. The zero-order valence-electron chi connectivity index (χ0n) is 8.68. The van der Waals surface area contributed by atoms with Gasteiger partial charge in [0.05, 0.1) is 0 Å². The van der Waals surface area contributed by atoms with Gasteiger partial charge in [-0.15, -0.1) is 0 Å². The minimum absolute atomic E-state index is 0.175. The molecule has 0 aromatic carbocycles. The molecular formula is C10H20N2O. The Labute approximate surface area is 80.5 Å². The molecule has 3 nitrogen and oxygen atoms in total. The monoisotopic (exact) mass is 184 g/mol. The Balaban J connectivity index is 2.13. The molecule has 3 heteroatoms. The van der Waals surface area contributed by atoms with Gasteiger partial charge in [-0.1, -0.05) is 0 Å². The number of nitrogens with one attached hydrogen (secondary N) is 1. The van der Waals surface area contributed by atoms with Crippen LogP contribution in [0.15, 0.2) is 0 Å². The summed E-state index contributed by atoms with van der Waals surface area (Å²) in [6, 6.07) is 0. The van der Waals surface area contributed by atoms with E-state index in [1.807, 2.05) is 11.9 Å². The van der Waals surface area contributed by atoms with Crippen molar-refractivity contribution in [3.63, 3.8) is 0 Å². The van der Waals surface area contributed by atoms with Crippen molar-refractivity contribution in [1.82, 2.24) is 10.2 Å². The van der Waals surface area contributed by atoms with Crippen LogP contribution in [-0.2, 0) is 4.79 Å². The largest absolute Gasteiger partial charge is 0.346 e. The highest BCUT2D eigenvalue weighted by Crippen LogP contribution is 2.15. The summed E-state index contributed by atoms with van der Waals surface area (Å²) in [6.07, 6.45) is 3.70. The van der Waals surface area contributed by atoms with Crippen LogP contribution < -0.4 is 5.32 Å². The summed E-state index contributed by atoms with van der Waals surface area (Å²) in [4.78, 5) is 12.7. The fraction of sp³-hybridized carbons (Fsp3) is 0.900. The first-order chi connectivity index (χ1) is 6.20. The summed E-state index contributed by atoms with van der Waals surface area (Å²) < 4.78 is 0. The first-order valence-corrected chi connectivity index (χ1v) is 5.12. The molecule has 1 N–H and O–H groups in total. The van der Waals surface area contributed by atoms with Crippen molar-refractivity contribution in [1.29, 1.82) is 0 Å². The zero-order chi connectivity index (χ0) is 9.68. The molecule has 0 unspecified atom stereocenters. The molecule has 1 fully saturated rings. The lowest BCUT2D eigenvalue weighted by molar-refractivity contribution is -0.127. The first kappa shape index (κ1) is 10.5. The molecule has 1 aliphatic heterocycles. The van der Waals surface area contributed by atoms with Gasteiger partial charge in [0.15, 0.2) is 0 Å². The average Bonchev–Trinajstić information content (AvgIpc) is 2.15. The number of rotatable bonds is 3. The van der Waals surface area contributed by atoms with E-state index in [2.05, 4.69) is 5.32 Å². The van der Waals surface area contributed by atoms with Gasteiger partial charge in [0.1, 0.15) is 0 Å². The lowest BCUT2D eigenvalue weighted by atomic mass is 9.94. The van der Waals surface area contributed by atoms with Gasteiger partial charge in [0, 0.05) is 20.5 Å². The van der Waals surface area contributed by atoms with Crippen molar-refractivity contribution in [3.8, 4) is 0 Å². The van der Waals surface area contributed by atoms with Crippen LogP contribution in [-0.4, -0.2) is 37.5 Å². The molecule has 0 aromatic rings. The van der Waals surface area contributed by atoms with E-state index >= 15 is 0 Å². The van der Waals surface area contributed by atoms with Crippen molar-refractivity contribution >= 4 is 5.91 Å². The molecule has 0 aromatic heterocycles. The fourth-order valence-electron chi connectivity index (χ4n) is 1.70. The number of hydrogen-bond acceptors (Lipinski definition) is 2. The summed E-state index contributed by atoms with van der Waals surface area (Å²) in [5, 5.41) is 3.34. The summed E-state index contributed by atoms with van der Waals surface area (Å²) in [5.74, 6) is 0.997. The van der Waals surface area contributed by atoms with E-state index in [-0.39, 0.29) is 5.91 Å². The maximum Gasteiger partial charge on any atom is 0.219 e. The van der Waals surface area contributed by atoms with Crippen molar-refractivity contribution in [3.05, 3.63) is 0 Å². The lowest BCUT2D eigenvalue weighted by Gasteiger charge is -2.24. The molecule has 0 atom stereocenters. The molecule has 1 amide bonds. The van der Waals surface area contributed by atoms with E-state index in [9.17, 15) is 4.79 Å². The second-order valence-electron chi connectivity index (χ2n) is 3.92. The highest BCUT2D eigenvalue weighted by atomic mass is 16.2. The molecule has 1 aliphatic rings. The molecule has 0 bridgehead atoms. The number of piperidine rings is 1. The molecule has 13 heavy (non-hydrogen) atoms. The second-order valence-corrected chi connectivity index (χ2v) is 3.92. The average molecular weight is 184 g/mol. The molecule has 0 spiro atoms. The Hall–Kier alpha value is -0.570. The van der Waals surface area contributed by atoms with E-state index < -0.39 is 0 Å². The van der Waals surface area contributed by atoms with Gasteiger partial charge in [-0.2, -0.15) is 0 Å². The normalized spacial score (nSPS) is 18.6. The molecule has 76 valence electrons. The van der Waals surface area contributed by atoms with Crippen molar-refractivity contribution < 1.29 is 4.79 Å². The zero-order valence-corrected chi connectivity index (χ0v) is 8.68. The molecular weight excluding hydrogens is 164 g/mol. The molecule has 1 saturated heterocycles. The third-order valence-corrected chi connectivity index (χ3v) is 2.87. The van der Waals surface area contributed by atoms with Crippen molar-refractivity contribution in [2.45, 2.75) is 26.2 Å². The Morgan fingerprint density at radius 3 is 2.62 bits per heavy atom. The van der Waals surface area contributed by atoms with E-state index in [1.54, 1.807) is 6.92 Å².